The van der Waals surface area contributed by atoms with Crippen molar-refractivity contribution < 1.29 is 9.47 Å². The number of nitrogens with zero attached hydrogens (tertiary/aromatic N) is 1. The summed E-state index contributed by atoms with van der Waals surface area (Å²) in [4.78, 5) is 9.90. The molecule has 0 aliphatic carbocycles. The van der Waals surface area contributed by atoms with E-state index < -0.39 is 6.17 Å². The Balaban J connectivity index is 2.08. The Bertz CT molecular complexity index is 137. The Morgan fingerprint density at radius 2 is 2.25 bits per heavy atom. The third kappa shape index (κ3) is 3.25. The molecule has 5 heteroatoms. The Hall–Kier alpha value is -0.520. The monoisotopic (exact) mass is 174 g/mol. The van der Waals surface area contributed by atoms with E-state index in [1.165, 1.54) is 0 Å². The fourth-order valence-electron chi connectivity index (χ4n) is 1.11. The predicted octanol–water partition coefficient (Wildman–Crippen LogP) is 0.233. The van der Waals surface area contributed by atoms with Crippen LogP contribution in [0.2, 0.25) is 0 Å². The third-order valence-corrected chi connectivity index (χ3v) is 1.81. The molecule has 5 nitrogen and oxygen atoms in total. The van der Waals surface area contributed by atoms with E-state index in [0.29, 0.717) is 0 Å². The largest absolute Gasteiger partial charge is 0.381 e. The van der Waals surface area contributed by atoms with E-state index in [9.17, 15) is 4.91 Å². The van der Waals surface area contributed by atoms with Crippen LogP contribution in [-0.2, 0) is 9.47 Å². The topological polar surface area (TPSA) is 73.9 Å². The van der Waals surface area contributed by atoms with Crippen LogP contribution in [0, 0.1) is 4.91 Å². The minimum atomic E-state index is -0.729. The lowest BCUT2D eigenvalue weighted by atomic mass is 10.1. The summed E-state index contributed by atoms with van der Waals surface area (Å²) in [6, 6.07) is 0. The molecule has 12 heavy (non-hydrogen) atoms. The Morgan fingerprint density at radius 3 is 2.83 bits per heavy atom. The second kappa shape index (κ2) is 5.18. The van der Waals surface area contributed by atoms with E-state index >= 15 is 0 Å². The normalized spacial score (nSPS) is 22.1. The van der Waals surface area contributed by atoms with Crippen LogP contribution in [0.1, 0.15) is 12.8 Å². The number of ether oxygens (including phenoxy) is 2. The van der Waals surface area contributed by atoms with Gasteiger partial charge < -0.3 is 15.2 Å². The van der Waals surface area contributed by atoms with Gasteiger partial charge in [0.2, 0.25) is 0 Å². The molecule has 0 spiro atoms. The molecule has 0 aromatic carbocycles. The van der Waals surface area contributed by atoms with Gasteiger partial charge >= 0.3 is 0 Å². The molecule has 1 unspecified atom stereocenters. The lowest BCUT2D eigenvalue weighted by Crippen LogP contribution is -2.30. The van der Waals surface area contributed by atoms with E-state index in [4.69, 9.17) is 15.2 Å². The van der Waals surface area contributed by atoms with Gasteiger partial charge in [0.15, 0.2) is 6.17 Å². The minimum absolute atomic E-state index is 0.187. The summed E-state index contributed by atoms with van der Waals surface area (Å²) in [6.45, 7) is 1.68. The summed E-state index contributed by atoms with van der Waals surface area (Å²) in [5.41, 5.74) is 5.25. The maximum Gasteiger partial charge on any atom is 0.163 e. The Morgan fingerprint density at radius 1 is 1.58 bits per heavy atom. The molecule has 0 bridgehead atoms. The number of rotatable bonds is 4. The van der Waals surface area contributed by atoms with Crippen LogP contribution >= 0.6 is 0 Å². The van der Waals surface area contributed by atoms with Gasteiger partial charge in [-0.05, 0) is 18.0 Å². The molecule has 1 aliphatic heterocycles. The van der Waals surface area contributed by atoms with Gasteiger partial charge in [-0.2, -0.15) is 0 Å². The highest BCUT2D eigenvalue weighted by Gasteiger charge is 2.15. The summed E-state index contributed by atoms with van der Waals surface area (Å²) in [5.74, 6) is 0. The first-order chi connectivity index (χ1) is 5.83. The lowest BCUT2D eigenvalue weighted by molar-refractivity contribution is -0.0351. The molecule has 0 aromatic heterocycles. The lowest BCUT2D eigenvalue weighted by Gasteiger charge is -2.22. The molecule has 0 amide bonds. The second-order valence-electron chi connectivity index (χ2n) is 2.82. The minimum Gasteiger partial charge on any atom is -0.381 e. The van der Waals surface area contributed by atoms with Gasteiger partial charge in [0.05, 0.1) is 12.7 Å². The van der Waals surface area contributed by atoms with E-state index in [0.717, 1.165) is 26.1 Å². The van der Waals surface area contributed by atoms with Crippen molar-refractivity contribution >= 4 is 0 Å². The smallest absolute Gasteiger partial charge is 0.163 e. The van der Waals surface area contributed by atoms with Gasteiger partial charge in [-0.1, -0.05) is 0 Å². The third-order valence-electron chi connectivity index (χ3n) is 1.81. The summed E-state index contributed by atoms with van der Waals surface area (Å²) in [7, 11) is 0. The number of nitroso groups, excluding NO2 is 1. The Kier molecular flexibility index (Phi) is 4.13. The Labute approximate surface area is 71.2 Å². The molecule has 0 radical (unpaired) electrons. The van der Waals surface area contributed by atoms with Crippen LogP contribution in [0.3, 0.4) is 0 Å². The van der Waals surface area contributed by atoms with E-state index in [-0.39, 0.29) is 12.7 Å². The molecule has 1 heterocycles. The molecule has 0 saturated carbocycles. The van der Waals surface area contributed by atoms with E-state index in [1.54, 1.807) is 0 Å². The van der Waals surface area contributed by atoms with Crippen LogP contribution in [-0.4, -0.2) is 32.1 Å². The maximum atomic E-state index is 9.90. The quantitative estimate of drug-likeness (QED) is 0.619. The highest BCUT2D eigenvalue weighted by Crippen LogP contribution is 2.10. The van der Waals surface area contributed by atoms with Crippen LogP contribution in [0.25, 0.3) is 0 Å². The van der Waals surface area contributed by atoms with Gasteiger partial charge in [0.1, 0.15) is 0 Å². The van der Waals surface area contributed by atoms with Crippen molar-refractivity contribution in [3.63, 3.8) is 0 Å². The fourth-order valence-corrected chi connectivity index (χ4v) is 1.11. The molecule has 1 saturated heterocycles. The van der Waals surface area contributed by atoms with Crippen molar-refractivity contribution in [3.05, 3.63) is 4.91 Å². The van der Waals surface area contributed by atoms with Crippen molar-refractivity contribution in [2.24, 2.45) is 10.9 Å². The first kappa shape index (κ1) is 9.57. The molecule has 1 aliphatic rings. The molecular weight excluding hydrogens is 160 g/mol. The van der Waals surface area contributed by atoms with Crippen molar-refractivity contribution in [2.75, 3.05) is 19.8 Å². The first-order valence-corrected chi connectivity index (χ1v) is 4.10. The summed E-state index contributed by atoms with van der Waals surface area (Å²) in [6.07, 6.45) is 1.22. The first-order valence-electron chi connectivity index (χ1n) is 4.10. The highest BCUT2D eigenvalue weighted by molar-refractivity contribution is 4.64. The average molecular weight is 174 g/mol. The zero-order chi connectivity index (χ0) is 8.81. The number of nitrogens with two attached hydrogens (primary N) is 1. The average Bonchev–Trinajstić information content (AvgIpc) is 2.16. The standard InChI is InChI=1S/C7H14N2O3/c8-7(9-10)5-12-6-1-3-11-4-2-6/h6-7H,1-5,8H2. The van der Waals surface area contributed by atoms with Gasteiger partial charge in [0, 0.05) is 13.2 Å². The van der Waals surface area contributed by atoms with Gasteiger partial charge in [-0.25, -0.2) is 0 Å². The van der Waals surface area contributed by atoms with Crippen LogP contribution in [0.5, 0.6) is 0 Å². The van der Waals surface area contributed by atoms with Crippen LogP contribution < -0.4 is 5.73 Å². The molecule has 0 aromatic rings. The van der Waals surface area contributed by atoms with Crippen LogP contribution in [0.15, 0.2) is 5.18 Å². The van der Waals surface area contributed by atoms with Crippen molar-refractivity contribution in [3.8, 4) is 0 Å². The number of hydrogen-bond acceptors (Lipinski definition) is 5. The summed E-state index contributed by atoms with van der Waals surface area (Å²) < 4.78 is 10.5. The highest BCUT2D eigenvalue weighted by atomic mass is 16.5. The molecular formula is C7H14N2O3. The van der Waals surface area contributed by atoms with Crippen molar-refractivity contribution in [1.29, 1.82) is 0 Å². The fraction of sp³-hybridized carbons (Fsp3) is 1.00. The SMILES string of the molecule is NC(COC1CCOCC1)N=O. The molecule has 2 N–H and O–H groups in total. The van der Waals surface area contributed by atoms with Crippen molar-refractivity contribution in [2.45, 2.75) is 25.1 Å². The predicted molar refractivity (Wildman–Crippen MR) is 43.6 cm³/mol. The van der Waals surface area contributed by atoms with Crippen molar-refractivity contribution in [1.82, 2.24) is 0 Å². The summed E-state index contributed by atoms with van der Waals surface area (Å²) in [5, 5.41) is 2.64. The molecule has 1 atom stereocenters. The van der Waals surface area contributed by atoms with Crippen LogP contribution in [0.4, 0.5) is 0 Å². The second-order valence-corrected chi connectivity index (χ2v) is 2.82. The van der Waals surface area contributed by atoms with Gasteiger partial charge in [-0.3, -0.25) is 0 Å². The molecule has 70 valence electrons. The molecule has 1 rings (SSSR count). The van der Waals surface area contributed by atoms with E-state index in [2.05, 4.69) is 5.18 Å². The zero-order valence-corrected chi connectivity index (χ0v) is 6.94. The maximum absolute atomic E-state index is 9.90. The van der Waals surface area contributed by atoms with Gasteiger partial charge in [0.25, 0.3) is 0 Å². The summed E-state index contributed by atoms with van der Waals surface area (Å²) >= 11 is 0. The number of hydrogen-bond donors (Lipinski definition) is 1. The van der Waals surface area contributed by atoms with E-state index in [1.807, 2.05) is 0 Å². The zero-order valence-electron chi connectivity index (χ0n) is 6.94. The molecule has 1 fully saturated rings. The van der Waals surface area contributed by atoms with Gasteiger partial charge in [-0.15, -0.1) is 4.91 Å².